The molecule has 1 amide bonds. The third kappa shape index (κ3) is 8.68. The van der Waals surface area contributed by atoms with Gasteiger partial charge in [0.2, 0.25) is 5.91 Å². The normalized spacial score (nSPS) is 16.6. The molecule has 0 aliphatic heterocycles. The topological polar surface area (TPSA) is 75.4 Å². The van der Waals surface area contributed by atoms with Crippen molar-refractivity contribution >= 4 is 5.91 Å². The quantitative estimate of drug-likeness (QED) is 0.583. The molecule has 4 N–H and O–H groups in total. The first-order valence-electron chi connectivity index (χ1n) is 6.14. The highest BCUT2D eigenvalue weighted by Gasteiger charge is 2.12. The summed E-state index contributed by atoms with van der Waals surface area (Å²) in [6.07, 6.45) is 3.09. The summed E-state index contributed by atoms with van der Waals surface area (Å²) >= 11 is 0. The van der Waals surface area contributed by atoms with E-state index in [1.807, 2.05) is 13.8 Å². The third-order valence-electron chi connectivity index (χ3n) is 2.61. The van der Waals surface area contributed by atoms with Crippen molar-refractivity contribution in [3.05, 3.63) is 0 Å². The molecule has 4 heteroatoms. The molecule has 3 unspecified atom stereocenters. The van der Waals surface area contributed by atoms with Crippen LogP contribution < -0.4 is 11.1 Å². The van der Waals surface area contributed by atoms with E-state index in [9.17, 15) is 4.79 Å². The summed E-state index contributed by atoms with van der Waals surface area (Å²) in [7, 11) is 0. The molecule has 16 heavy (non-hydrogen) atoms. The average Bonchev–Trinajstić information content (AvgIpc) is 2.16. The maximum Gasteiger partial charge on any atom is 0.222 e. The molecule has 0 aromatic carbocycles. The van der Waals surface area contributed by atoms with Crippen LogP contribution in [-0.2, 0) is 4.79 Å². The van der Waals surface area contributed by atoms with Crippen molar-refractivity contribution in [3.8, 4) is 0 Å². The Labute approximate surface area is 98.6 Å². The fourth-order valence-electron chi connectivity index (χ4n) is 1.46. The van der Waals surface area contributed by atoms with Gasteiger partial charge in [0.05, 0.1) is 6.10 Å². The van der Waals surface area contributed by atoms with Crippen LogP contribution in [0.15, 0.2) is 0 Å². The highest BCUT2D eigenvalue weighted by Crippen LogP contribution is 2.08. The summed E-state index contributed by atoms with van der Waals surface area (Å²) in [5, 5.41) is 11.9. The lowest BCUT2D eigenvalue weighted by molar-refractivity contribution is -0.124. The number of nitrogens with one attached hydrogen (secondary N) is 1. The molecule has 0 saturated carbocycles. The molecule has 0 spiro atoms. The lowest BCUT2D eigenvalue weighted by Crippen LogP contribution is -2.31. The van der Waals surface area contributed by atoms with Gasteiger partial charge in [-0.15, -0.1) is 0 Å². The molecule has 0 heterocycles. The van der Waals surface area contributed by atoms with Crippen molar-refractivity contribution in [2.45, 2.75) is 58.6 Å². The number of aliphatic hydroxyl groups is 1. The minimum absolute atomic E-state index is 0.0350. The Hall–Kier alpha value is -0.610. The Morgan fingerprint density at radius 2 is 1.88 bits per heavy atom. The number of aliphatic hydroxyl groups excluding tert-OH is 1. The zero-order valence-electron chi connectivity index (χ0n) is 10.7. The van der Waals surface area contributed by atoms with Crippen molar-refractivity contribution in [1.29, 1.82) is 0 Å². The van der Waals surface area contributed by atoms with Crippen molar-refractivity contribution < 1.29 is 9.90 Å². The Bertz CT molecular complexity index is 193. The predicted octanol–water partition coefficient (Wildman–Crippen LogP) is 1.03. The molecule has 0 rings (SSSR count). The van der Waals surface area contributed by atoms with Gasteiger partial charge in [-0.1, -0.05) is 13.3 Å². The monoisotopic (exact) mass is 230 g/mol. The van der Waals surface area contributed by atoms with Crippen LogP contribution in [0.5, 0.6) is 0 Å². The van der Waals surface area contributed by atoms with Gasteiger partial charge in [0, 0.05) is 18.5 Å². The van der Waals surface area contributed by atoms with E-state index in [4.69, 9.17) is 10.8 Å². The van der Waals surface area contributed by atoms with Gasteiger partial charge in [-0.25, -0.2) is 0 Å². The maximum absolute atomic E-state index is 11.6. The van der Waals surface area contributed by atoms with E-state index in [1.165, 1.54) is 0 Å². The van der Waals surface area contributed by atoms with E-state index in [2.05, 4.69) is 5.32 Å². The number of nitrogens with two attached hydrogens (primary N) is 1. The van der Waals surface area contributed by atoms with Gasteiger partial charge in [0.25, 0.3) is 0 Å². The van der Waals surface area contributed by atoms with Crippen LogP contribution in [-0.4, -0.2) is 29.7 Å². The number of carbonyl (C=O) groups excluding carboxylic acids is 1. The van der Waals surface area contributed by atoms with Gasteiger partial charge in [-0.3, -0.25) is 4.79 Å². The Balaban J connectivity index is 3.57. The van der Waals surface area contributed by atoms with Gasteiger partial charge < -0.3 is 16.2 Å². The van der Waals surface area contributed by atoms with Crippen LogP contribution in [0.4, 0.5) is 0 Å². The van der Waals surface area contributed by atoms with Crippen LogP contribution in [0.3, 0.4) is 0 Å². The smallest absolute Gasteiger partial charge is 0.222 e. The number of hydrogen-bond acceptors (Lipinski definition) is 3. The standard InChI is InChI=1S/C12H26N2O2/c1-9(5-4-6-10(2)13)12(16)14-8-7-11(3)15/h9-11,15H,4-8,13H2,1-3H3,(H,14,16). The first-order chi connectivity index (χ1) is 7.43. The van der Waals surface area contributed by atoms with Crippen molar-refractivity contribution in [3.63, 3.8) is 0 Å². The van der Waals surface area contributed by atoms with Crippen molar-refractivity contribution in [1.82, 2.24) is 5.32 Å². The molecular weight excluding hydrogens is 204 g/mol. The average molecular weight is 230 g/mol. The summed E-state index contributed by atoms with van der Waals surface area (Å²) < 4.78 is 0. The van der Waals surface area contributed by atoms with Gasteiger partial charge in [0.1, 0.15) is 0 Å². The van der Waals surface area contributed by atoms with E-state index in [1.54, 1.807) is 6.92 Å². The molecule has 0 radical (unpaired) electrons. The predicted molar refractivity (Wildman–Crippen MR) is 66.0 cm³/mol. The van der Waals surface area contributed by atoms with E-state index < -0.39 is 0 Å². The summed E-state index contributed by atoms with van der Waals surface area (Å²) in [5.74, 6) is 0.109. The van der Waals surface area contributed by atoms with Gasteiger partial charge in [0.15, 0.2) is 0 Å². The molecule has 0 aromatic rings. The Kier molecular flexibility index (Phi) is 8.21. The lowest BCUT2D eigenvalue weighted by Gasteiger charge is -2.13. The highest BCUT2D eigenvalue weighted by molar-refractivity contribution is 5.78. The van der Waals surface area contributed by atoms with E-state index >= 15 is 0 Å². The second kappa shape index (κ2) is 8.53. The van der Waals surface area contributed by atoms with Crippen LogP contribution in [0, 0.1) is 5.92 Å². The van der Waals surface area contributed by atoms with Crippen molar-refractivity contribution in [2.75, 3.05) is 6.54 Å². The third-order valence-corrected chi connectivity index (χ3v) is 2.61. The highest BCUT2D eigenvalue weighted by atomic mass is 16.3. The molecule has 4 nitrogen and oxygen atoms in total. The molecule has 0 aliphatic carbocycles. The van der Waals surface area contributed by atoms with E-state index in [-0.39, 0.29) is 24.0 Å². The fourth-order valence-corrected chi connectivity index (χ4v) is 1.46. The van der Waals surface area contributed by atoms with Crippen LogP contribution in [0.1, 0.15) is 46.5 Å². The summed E-state index contributed by atoms with van der Waals surface area (Å²) in [4.78, 5) is 11.6. The first-order valence-corrected chi connectivity index (χ1v) is 6.14. The number of carbonyl (C=O) groups is 1. The molecule has 3 atom stereocenters. The van der Waals surface area contributed by atoms with Crippen LogP contribution >= 0.6 is 0 Å². The minimum Gasteiger partial charge on any atom is -0.393 e. The molecule has 96 valence electrons. The number of amides is 1. The van der Waals surface area contributed by atoms with Crippen LogP contribution in [0.25, 0.3) is 0 Å². The lowest BCUT2D eigenvalue weighted by atomic mass is 10.0. The summed E-state index contributed by atoms with van der Waals surface area (Å²) in [5.41, 5.74) is 5.64. The fraction of sp³-hybridized carbons (Fsp3) is 0.917. The minimum atomic E-state index is -0.353. The second-order valence-corrected chi connectivity index (χ2v) is 4.74. The Morgan fingerprint density at radius 3 is 2.38 bits per heavy atom. The SMILES string of the molecule is CC(N)CCCC(C)C(=O)NCCC(C)O. The summed E-state index contributed by atoms with van der Waals surface area (Å²) in [6, 6.07) is 0.213. The van der Waals surface area contributed by atoms with Crippen LogP contribution in [0.2, 0.25) is 0 Å². The van der Waals surface area contributed by atoms with E-state index in [0.29, 0.717) is 13.0 Å². The zero-order chi connectivity index (χ0) is 12.6. The molecule has 0 aliphatic rings. The Morgan fingerprint density at radius 1 is 1.25 bits per heavy atom. The number of rotatable bonds is 8. The molecule has 0 bridgehead atoms. The molecule has 0 aromatic heterocycles. The first kappa shape index (κ1) is 15.4. The van der Waals surface area contributed by atoms with E-state index in [0.717, 1.165) is 19.3 Å². The van der Waals surface area contributed by atoms with Crippen molar-refractivity contribution in [2.24, 2.45) is 11.7 Å². The maximum atomic E-state index is 11.6. The zero-order valence-corrected chi connectivity index (χ0v) is 10.7. The van der Waals surface area contributed by atoms with Gasteiger partial charge in [-0.2, -0.15) is 0 Å². The second-order valence-electron chi connectivity index (χ2n) is 4.74. The van der Waals surface area contributed by atoms with Gasteiger partial charge >= 0.3 is 0 Å². The van der Waals surface area contributed by atoms with Gasteiger partial charge in [-0.05, 0) is 33.1 Å². The molecule has 0 fully saturated rings. The molecule has 0 saturated heterocycles. The number of hydrogen-bond donors (Lipinski definition) is 3. The summed E-state index contributed by atoms with van der Waals surface area (Å²) in [6.45, 7) is 6.18. The molecular formula is C12H26N2O2. The largest absolute Gasteiger partial charge is 0.393 e.